The monoisotopic (exact) mass is 297 g/mol. The summed E-state index contributed by atoms with van der Waals surface area (Å²) in [5.74, 6) is -1.11. The third-order valence-electron chi connectivity index (χ3n) is 3.29. The molecular formula is C16H11NO3S. The molecule has 3 aromatic rings. The number of aromatic nitrogens is 1. The quantitative estimate of drug-likeness (QED) is 0.751. The van der Waals surface area contributed by atoms with Gasteiger partial charge in [0.15, 0.2) is 0 Å². The zero-order valence-electron chi connectivity index (χ0n) is 11.2. The van der Waals surface area contributed by atoms with Crippen molar-refractivity contribution >= 4 is 33.2 Å². The van der Waals surface area contributed by atoms with Gasteiger partial charge in [-0.15, -0.1) is 11.3 Å². The average molecular weight is 297 g/mol. The van der Waals surface area contributed by atoms with Gasteiger partial charge in [0.25, 0.3) is 0 Å². The number of carbonyl (C=O) groups excluding carboxylic acids is 1. The molecule has 0 bridgehead atoms. The van der Waals surface area contributed by atoms with Crippen molar-refractivity contribution in [2.75, 3.05) is 0 Å². The second-order valence-corrected chi connectivity index (χ2v) is 5.67. The number of carboxylic acids is 1. The second kappa shape index (κ2) is 5.10. The molecule has 0 aliphatic carbocycles. The summed E-state index contributed by atoms with van der Waals surface area (Å²) in [4.78, 5) is 28.2. The number of carbonyl (C=O) groups is 2. The number of aryl methyl sites for hydroxylation is 1. The van der Waals surface area contributed by atoms with Gasteiger partial charge in [0, 0.05) is 10.9 Å². The lowest BCUT2D eigenvalue weighted by atomic mass is 10.1. The molecule has 3 rings (SSSR count). The Labute approximate surface area is 124 Å². The Morgan fingerprint density at radius 3 is 2.67 bits per heavy atom. The summed E-state index contributed by atoms with van der Waals surface area (Å²) in [5, 5.41) is 9.86. The van der Waals surface area contributed by atoms with E-state index in [0.717, 1.165) is 15.6 Å². The molecule has 0 aliphatic rings. The van der Waals surface area contributed by atoms with Gasteiger partial charge in [0.2, 0.25) is 5.78 Å². The minimum Gasteiger partial charge on any atom is -0.478 e. The van der Waals surface area contributed by atoms with E-state index in [9.17, 15) is 9.59 Å². The molecule has 0 spiro atoms. The second-order valence-electron chi connectivity index (χ2n) is 4.62. The van der Waals surface area contributed by atoms with Crippen LogP contribution in [0.3, 0.4) is 0 Å². The number of ketones is 1. The van der Waals surface area contributed by atoms with Crippen LogP contribution in [0, 0.1) is 6.92 Å². The minimum atomic E-state index is -0.972. The highest BCUT2D eigenvalue weighted by molar-refractivity contribution is 7.21. The Balaban J connectivity index is 2.14. The first-order valence-corrected chi connectivity index (χ1v) is 7.12. The molecule has 1 N–H and O–H groups in total. The smallest absolute Gasteiger partial charge is 0.335 e. The normalized spacial score (nSPS) is 10.7. The zero-order valence-corrected chi connectivity index (χ0v) is 12.0. The van der Waals surface area contributed by atoms with E-state index in [4.69, 9.17) is 5.11 Å². The van der Waals surface area contributed by atoms with Gasteiger partial charge in [-0.05, 0) is 48.2 Å². The van der Waals surface area contributed by atoms with E-state index >= 15 is 0 Å². The van der Waals surface area contributed by atoms with Gasteiger partial charge in [-0.2, -0.15) is 0 Å². The first kappa shape index (κ1) is 13.5. The standard InChI is InChI=1S/C16H11NO3S/c1-9-11-8-10(16(19)20)5-6-13(11)21-15(9)14(18)12-4-2-3-7-17-12/h2-8H,1H3,(H,19,20). The van der Waals surface area contributed by atoms with Crippen molar-refractivity contribution in [2.24, 2.45) is 0 Å². The summed E-state index contributed by atoms with van der Waals surface area (Å²) in [6.07, 6.45) is 1.58. The van der Waals surface area contributed by atoms with Crippen LogP contribution < -0.4 is 0 Å². The van der Waals surface area contributed by atoms with Crippen LogP contribution in [0.2, 0.25) is 0 Å². The molecule has 2 heterocycles. The van der Waals surface area contributed by atoms with E-state index in [1.807, 2.05) is 6.92 Å². The Bertz CT molecular complexity index is 853. The fourth-order valence-corrected chi connectivity index (χ4v) is 3.32. The van der Waals surface area contributed by atoms with Crippen LogP contribution in [0.1, 0.15) is 31.3 Å². The summed E-state index contributed by atoms with van der Waals surface area (Å²) >= 11 is 1.36. The molecule has 4 nitrogen and oxygen atoms in total. The topological polar surface area (TPSA) is 67.3 Å². The van der Waals surface area contributed by atoms with E-state index in [1.54, 1.807) is 42.6 Å². The van der Waals surface area contributed by atoms with E-state index in [0.29, 0.717) is 10.6 Å². The highest BCUT2D eigenvalue weighted by atomic mass is 32.1. The number of thiophene rings is 1. The van der Waals surface area contributed by atoms with Gasteiger partial charge in [-0.3, -0.25) is 9.78 Å². The number of pyridine rings is 1. The highest BCUT2D eigenvalue weighted by Crippen LogP contribution is 2.32. The number of rotatable bonds is 3. The van der Waals surface area contributed by atoms with Crippen LogP contribution in [0.15, 0.2) is 42.6 Å². The first-order chi connectivity index (χ1) is 10.1. The number of benzene rings is 1. The molecule has 104 valence electrons. The maximum Gasteiger partial charge on any atom is 0.335 e. The van der Waals surface area contributed by atoms with Gasteiger partial charge in [-0.1, -0.05) is 6.07 Å². The lowest BCUT2D eigenvalue weighted by Crippen LogP contribution is -2.02. The fourth-order valence-electron chi connectivity index (χ4n) is 2.18. The van der Waals surface area contributed by atoms with Crippen LogP contribution in [-0.4, -0.2) is 21.8 Å². The summed E-state index contributed by atoms with van der Waals surface area (Å²) in [5.41, 5.74) is 1.42. The Morgan fingerprint density at radius 2 is 2.00 bits per heavy atom. The van der Waals surface area contributed by atoms with Crippen molar-refractivity contribution in [3.63, 3.8) is 0 Å². The molecule has 5 heteroatoms. The number of nitrogens with zero attached hydrogens (tertiary/aromatic N) is 1. The van der Waals surface area contributed by atoms with Gasteiger partial charge in [-0.25, -0.2) is 4.79 Å². The van der Waals surface area contributed by atoms with Crippen LogP contribution >= 0.6 is 11.3 Å². The van der Waals surface area contributed by atoms with E-state index in [1.165, 1.54) is 11.3 Å². The molecule has 0 fully saturated rings. The molecule has 0 saturated carbocycles. The Morgan fingerprint density at radius 1 is 1.19 bits per heavy atom. The van der Waals surface area contributed by atoms with Gasteiger partial charge < -0.3 is 5.11 Å². The number of hydrogen-bond donors (Lipinski definition) is 1. The van der Waals surface area contributed by atoms with Crippen LogP contribution in [0.4, 0.5) is 0 Å². The molecule has 1 aromatic carbocycles. The third-order valence-corrected chi connectivity index (χ3v) is 4.56. The molecule has 0 amide bonds. The SMILES string of the molecule is Cc1c(C(=O)c2ccccn2)sc2ccc(C(=O)O)cc12. The minimum absolute atomic E-state index is 0.133. The molecule has 2 aromatic heterocycles. The molecular weight excluding hydrogens is 286 g/mol. The van der Waals surface area contributed by atoms with Gasteiger partial charge >= 0.3 is 5.97 Å². The molecule has 0 radical (unpaired) electrons. The van der Waals surface area contributed by atoms with E-state index in [2.05, 4.69) is 4.98 Å². The van der Waals surface area contributed by atoms with Crippen LogP contribution in [-0.2, 0) is 0 Å². The van der Waals surface area contributed by atoms with Crippen molar-refractivity contribution < 1.29 is 14.7 Å². The summed E-state index contributed by atoms with van der Waals surface area (Å²) in [6.45, 7) is 1.83. The average Bonchev–Trinajstić information content (AvgIpc) is 2.84. The van der Waals surface area contributed by atoms with E-state index in [-0.39, 0.29) is 11.3 Å². The van der Waals surface area contributed by atoms with E-state index < -0.39 is 5.97 Å². The molecule has 0 saturated heterocycles. The van der Waals surface area contributed by atoms with Crippen LogP contribution in [0.5, 0.6) is 0 Å². The van der Waals surface area contributed by atoms with Gasteiger partial charge in [0.1, 0.15) is 5.69 Å². The van der Waals surface area contributed by atoms with Crippen molar-refractivity contribution in [1.29, 1.82) is 0 Å². The van der Waals surface area contributed by atoms with Crippen molar-refractivity contribution in [3.8, 4) is 0 Å². The Hall–Kier alpha value is -2.53. The third kappa shape index (κ3) is 2.32. The Kier molecular flexibility index (Phi) is 3.27. The lowest BCUT2D eigenvalue weighted by molar-refractivity contribution is 0.0697. The van der Waals surface area contributed by atoms with Crippen molar-refractivity contribution in [2.45, 2.75) is 6.92 Å². The van der Waals surface area contributed by atoms with Crippen molar-refractivity contribution in [1.82, 2.24) is 4.98 Å². The highest BCUT2D eigenvalue weighted by Gasteiger charge is 2.18. The molecule has 0 aliphatic heterocycles. The first-order valence-electron chi connectivity index (χ1n) is 6.30. The number of aromatic carboxylic acids is 1. The lowest BCUT2D eigenvalue weighted by Gasteiger charge is -1.98. The molecule has 0 atom stereocenters. The van der Waals surface area contributed by atoms with Gasteiger partial charge in [0.05, 0.1) is 10.4 Å². The summed E-state index contributed by atoms with van der Waals surface area (Å²) in [7, 11) is 0. The number of hydrogen-bond acceptors (Lipinski definition) is 4. The summed E-state index contributed by atoms with van der Waals surface area (Å²) < 4.78 is 0.900. The predicted octanol–water partition coefficient (Wildman–Crippen LogP) is 3.53. The molecule has 0 unspecified atom stereocenters. The zero-order chi connectivity index (χ0) is 15.0. The van der Waals surface area contributed by atoms with Crippen LogP contribution in [0.25, 0.3) is 10.1 Å². The fraction of sp³-hybridized carbons (Fsp3) is 0.0625. The van der Waals surface area contributed by atoms with Crippen molar-refractivity contribution in [3.05, 3.63) is 64.3 Å². The number of carboxylic acid groups (broad SMARTS) is 1. The largest absolute Gasteiger partial charge is 0.478 e. The predicted molar refractivity (Wildman–Crippen MR) is 81.2 cm³/mol. The number of fused-ring (bicyclic) bond motifs is 1. The summed E-state index contributed by atoms with van der Waals surface area (Å²) in [6, 6.07) is 10.1. The maximum absolute atomic E-state index is 12.5. The molecule has 21 heavy (non-hydrogen) atoms. The maximum atomic E-state index is 12.5.